The highest BCUT2D eigenvalue weighted by Gasteiger charge is 2.58. The molecule has 4 aliphatic heterocycles. The second-order valence-corrected chi connectivity index (χ2v) is 11.5. The Morgan fingerprint density at radius 3 is 0.960 bits per heavy atom. The first-order chi connectivity index (χ1) is 23.3. The summed E-state index contributed by atoms with van der Waals surface area (Å²) in [6, 6.07) is 0. The molecular weight excluding hydrogens is 700 g/mol. The molecule has 25 heteroatoms. The van der Waals surface area contributed by atoms with Gasteiger partial charge in [-0.15, -0.1) is 0 Å². The summed E-state index contributed by atoms with van der Waals surface area (Å²) in [5, 5.41) is 132. The molecule has 20 atom stereocenters. The number of carbonyl (C=O) groups is 4. The van der Waals surface area contributed by atoms with Crippen LogP contribution in [0.2, 0.25) is 0 Å². The van der Waals surface area contributed by atoms with Crippen LogP contribution in [0.4, 0.5) is 0 Å². The van der Waals surface area contributed by atoms with Crippen molar-refractivity contribution in [3.63, 3.8) is 0 Å². The maximum Gasteiger partial charge on any atom is 0.335 e. The van der Waals surface area contributed by atoms with Crippen LogP contribution < -0.4 is 0 Å². The second-order valence-electron chi connectivity index (χ2n) is 11.5. The van der Waals surface area contributed by atoms with Crippen LogP contribution in [0.15, 0.2) is 0 Å². The minimum absolute atomic E-state index is 0.994. The van der Waals surface area contributed by atoms with Gasteiger partial charge in [0.15, 0.2) is 49.6 Å². The van der Waals surface area contributed by atoms with Crippen molar-refractivity contribution in [2.75, 3.05) is 7.11 Å². The van der Waals surface area contributed by atoms with Crippen molar-refractivity contribution < 1.29 is 123 Å². The third-order valence-electron chi connectivity index (χ3n) is 8.32. The Bertz CT molecular complexity index is 1230. The number of rotatable bonds is 11. The van der Waals surface area contributed by atoms with Gasteiger partial charge in [-0.3, -0.25) is 0 Å². The summed E-state index contributed by atoms with van der Waals surface area (Å²) in [5.74, 6) is -7.45. The van der Waals surface area contributed by atoms with E-state index in [1.807, 2.05) is 0 Å². The van der Waals surface area contributed by atoms with Gasteiger partial charge in [-0.2, -0.15) is 0 Å². The highest BCUT2D eigenvalue weighted by molar-refractivity contribution is 5.75. The third kappa shape index (κ3) is 7.68. The largest absolute Gasteiger partial charge is 0.479 e. The zero-order valence-electron chi connectivity index (χ0n) is 25.3. The molecule has 0 amide bonds. The molecule has 4 fully saturated rings. The lowest BCUT2D eigenvalue weighted by Gasteiger charge is -2.47. The molecule has 4 aliphatic rings. The molecule has 0 aromatic rings. The van der Waals surface area contributed by atoms with Crippen molar-refractivity contribution in [1.29, 1.82) is 0 Å². The molecule has 0 bridgehead atoms. The minimum atomic E-state index is -2.42. The van der Waals surface area contributed by atoms with Crippen LogP contribution in [0.3, 0.4) is 0 Å². The molecule has 25 nitrogen and oxygen atoms in total. The summed E-state index contributed by atoms with van der Waals surface area (Å²) in [7, 11) is 0.994. The minimum Gasteiger partial charge on any atom is -0.479 e. The van der Waals surface area contributed by atoms with Gasteiger partial charge in [0, 0.05) is 7.11 Å². The standard InChI is InChI=1S/C25H36O25/c1-43-10-3(27)7(31)23(48-14(10)18(34)35)46-12-5(29)9(33)25(50-16(12)20(38)39)47-13-4(28)8(32)24(49-17(13)21(40)41)45-11-2(26)6(30)22(42)44-15(11)19(36)37/h2-17,22-33,42H,1H3,(H,34,35)(H,36,37)(H,38,39)(H,40,41)/t2?,3-,4-,5?,6?,7?,8?,9?,10+,11+,12+,13+,14?,15+,16+,17?,22-,23+,24+,25-/m0/s1. The Hall–Kier alpha value is -2.80. The summed E-state index contributed by atoms with van der Waals surface area (Å²) >= 11 is 0. The molecule has 0 aliphatic carbocycles. The average molecular weight is 737 g/mol. The number of aliphatic carboxylic acids is 4. The van der Waals surface area contributed by atoms with Gasteiger partial charge in [-0.05, 0) is 0 Å². The average Bonchev–Trinajstić information content (AvgIpc) is 3.05. The van der Waals surface area contributed by atoms with Gasteiger partial charge in [-0.1, -0.05) is 0 Å². The van der Waals surface area contributed by atoms with Gasteiger partial charge < -0.3 is 104 Å². The highest BCUT2D eigenvalue weighted by Crippen LogP contribution is 2.34. The summed E-state index contributed by atoms with van der Waals surface area (Å²) in [5.41, 5.74) is 0. The first-order valence-electron chi connectivity index (χ1n) is 14.5. The van der Waals surface area contributed by atoms with Crippen LogP contribution in [0.25, 0.3) is 0 Å². The molecule has 4 rings (SSSR count). The van der Waals surface area contributed by atoms with Crippen molar-refractivity contribution in [2.24, 2.45) is 0 Å². The Kier molecular flexibility index (Phi) is 12.7. The number of ether oxygens (including phenoxy) is 8. The molecule has 50 heavy (non-hydrogen) atoms. The van der Waals surface area contributed by atoms with Gasteiger partial charge >= 0.3 is 23.9 Å². The Labute approximate surface area is 277 Å². The lowest BCUT2D eigenvalue weighted by Crippen LogP contribution is -2.68. The molecular formula is C25H36O25. The van der Waals surface area contributed by atoms with Crippen LogP contribution >= 0.6 is 0 Å². The molecule has 0 aromatic carbocycles. The fourth-order valence-electron chi connectivity index (χ4n) is 5.68. The third-order valence-corrected chi connectivity index (χ3v) is 8.32. The van der Waals surface area contributed by atoms with E-state index in [1.165, 1.54) is 0 Å². The smallest absolute Gasteiger partial charge is 0.335 e. The molecule has 286 valence electrons. The summed E-state index contributed by atoms with van der Waals surface area (Å²) < 4.78 is 40.6. The first kappa shape index (κ1) is 40.0. The summed E-state index contributed by atoms with van der Waals surface area (Å²) in [6.45, 7) is 0. The van der Waals surface area contributed by atoms with Crippen LogP contribution in [0.1, 0.15) is 0 Å². The maximum atomic E-state index is 12.1. The Morgan fingerprint density at radius 1 is 0.400 bits per heavy atom. The van der Waals surface area contributed by atoms with Crippen LogP contribution in [0, 0.1) is 0 Å². The van der Waals surface area contributed by atoms with Gasteiger partial charge in [0.25, 0.3) is 0 Å². The lowest BCUT2D eigenvalue weighted by molar-refractivity contribution is -0.378. The number of aliphatic hydroxyl groups is 9. The zero-order chi connectivity index (χ0) is 37.5. The second kappa shape index (κ2) is 15.8. The molecule has 4 heterocycles. The van der Waals surface area contributed by atoms with Crippen molar-refractivity contribution in [1.82, 2.24) is 0 Å². The van der Waals surface area contributed by atoms with Crippen LogP contribution in [-0.2, 0) is 57.1 Å². The number of carboxylic acid groups (broad SMARTS) is 4. The van der Waals surface area contributed by atoms with Crippen LogP contribution in [-0.4, -0.2) is 220 Å². The topological polar surface area (TPSA) is 405 Å². The van der Waals surface area contributed by atoms with Crippen LogP contribution in [0.5, 0.6) is 0 Å². The Morgan fingerprint density at radius 2 is 0.660 bits per heavy atom. The quantitative estimate of drug-likeness (QED) is 0.0936. The molecule has 0 aromatic heterocycles. The summed E-state index contributed by atoms with van der Waals surface area (Å²) in [4.78, 5) is 47.5. The van der Waals surface area contributed by atoms with E-state index in [0.29, 0.717) is 0 Å². The molecule has 0 radical (unpaired) electrons. The van der Waals surface area contributed by atoms with E-state index in [9.17, 15) is 85.6 Å². The predicted molar refractivity (Wildman–Crippen MR) is 141 cm³/mol. The summed E-state index contributed by atoms with van der Waals surface area (Å²) in [6.07, 6.45) is -44.4. The number of aliphatic hydroxyl groups excluding tert-OH is 9. The number of hydrogen-bond donors (Lipinski definition) is 13. The Balaban J connectivity index is 1.51. The van der Waals surface area contributed by atoms with Crippen molar-refractivity contribution >= 4 is 23.9 Å². The van der Waals surface area contributed by atoms with Gasteiger partial charge in [0.05, 0.1) is 0 Å². The molecule has 8 unspecified atom stereocenters. The van der Waals surface area contributed by atoms with Gasteiger partial charge in [0.1, 0.15) is 73.2 Å². The van der Waals surface area contributed by atoms with Crippen molar-refractivity contribution in [3.8, 4) is 0 Å². The van der Waals surface area contributed by atoms with E-state index >= 15 is 0 Å². The predicted octanol–water partition coefficient (Wildman–Crippen LogP) is -8.73. The highest BCUT2D eigenvalue weighted by atomic mass is 16.8. The number of methoxy groups -OCH3 is 1. The normalized spacial score (nSPS) is 48.4. The number of carboxylic acids is 4. The van der Waals surface area contributed by atoms with E-state index in [-0.39, 0.29) is 0 Å². The molecule has 0 saturated carbocycles. The molecule has 0 spiro atoms. The SMILES string of the molecule is CO[C@H]1C(C(=O)O)O[C@@H](O[C@@H]2C(O)C(O)[C@@H](O[C@H]3C(C(=O)O)O[C@@H](O[C@@H]4C(O)C(O)[C@@H](O)O[C@H]4C(=O)O)C(O)[C@@H]3O)O[C@H]2C(=O)O)C(O)[C@@H]1O. The van der Waals surface area contributed by atoms with E-state index in [1.54, 1.807) is 0 Å². The monoisotopic (exact) mass is 736 g/mol. The first-order valence-corrected chi connectivity index (χ1v) is 14.5. The fraction of sp³-hybridized carbons (Fsp3) is 0.840. The van der Waals surface area contributed by atoms with E-state index in [4.69, 9.17) is 33.2 Å². The van der Waals surface area contributed by atoms with Crippen molar-refractivity contribution in [3.05, 3.63) is 0 Å². The molecule has 4 saturated heterocycles. The fourth-order valence-corrected chi connectivity index (χ4v) is 5.68. The maximum absolute atomic E-state index is 12.1. The van der Waals surface area contributed by atoms with Crippen molar-refractivity contribution in [2.45, 2.75) is 123 Å². The molecule has 13 N–H and O–H groups in total. The van der Waals surface area contributed by atoms with E-state index < -0.39 is 147 Å². The van der Waals surface area contributed by atoms with Gasteiger partial charge in [0.2, 0.25) is 0 Å². The van der Waals surface area contributed by atoms with Gasteiger partial charge in [-0.25, -0.2) is 19.2 Å². The zero-order valence-corrected chi connectivity index (χ0v) is 25.3. The lowest BCUT2D eigenvalue weighted by atomic mass is 9.95. The van der Waals surface area contributed by atoms with E-state index in [2.05, 4.69) is 4.74 Å². The number of hydrogen-bond acceptors (Lipinski definition) is 21. The van der Waals surface area contributed by atoms with E-state index in [0.717, 1.165) is 7.11 Å².